The van der Waals surface area contributed by atoms with Crippen LogP contribution >= 0.6 is 0 Å². The quantitative estimate of drug-likeness (QED) is 0.685. The van der Waals surface area contributed by atoms with Gasteiger partial charge >= 0.3 is 5.97 Å². The van der Waals surface area contributed by atoms with Gasteiger partial charge < -0.3 is 25.6 Å². The first-order chi connectivity index (χ1) is 13.8. The van der Waals surface area contributed by atoms with E-state index in [0.29, 0.717) is 35.1 Å². The summed E-state index contributed by atoms with van der Waals surface area (Å²) in [5.41, 5.74) is 9.09. The number of benzene rings is 1. The highest BCUT2D eigenvalue weighted by Crippen LogP contribution is 2.48. The Kier molecular flexibility index (Phi) is 5.45. The van der Waals surface area contributed by atoms with E-state index in [4.69, 9.17) is 15.2 Å². The molecule has 8 heteroatoms. The number of carboxylic acids is 1. The number of ether oxygens (including phenoxy) is 2. The zero-order chi connectivity index (χ0) is 21.3. The van der Waals surface area contributed by atoms with Crippen molar-refractivity contribution in [2.75, 3.05) is 19.0 Å². The van der Waals surface area contributed by atoms with Gasteiger partial charge in [0.25, 0.3) is 0 Å². The van der Waals surface area contributed by atoms with Gasteiger partial charge in [0.05, 0.1) is 36.5 Å². The second-order valence-electron chi connectivity index (χ2n) is 6.69. The first-order valence-electron chi connectivity index (χ1n) is 9.11. The second kappa shape index (κ2) is 7.83. The fraction of sp³-hybridized carbons (Fsp3) is 0.286. The molecule has 0 aliphatic carbocycles. The summed E-state index contributed by atoms with van der Waals surface area (Å²) in [5.74, 6) is -1.68. The zero-order valence-corrected chi connectivity index (χ0v) is 16.7. The highest BCUT2D eigenvalue weighted by atomic mass is 16.5. The van der Waals surface area contributed by atoms with E-state index in [9.17, 15) is 14.7 Å². The van der Waals surface area contributed by atoms with Crippen molar-refractivity contribution in [3.63, 3.8) is 0 Å². The van der Waals surface area contributed by atoms with Gasteiger partial charge in [-0.1, -0.05) is 6.07 Å². The van der Waals surface area contributed by atoms with Crippen molar-refractivity contribution in [2.45, 2.75) is 26.7 Å². The minimum absolute atomic E-state index is 0.149. The SMILES string of the molecule is CCOc1ncc(C)c2c1[C@H](c1ccc(C(N)=O)cc1OC)C(C(=O)O)=C(C)N2. The largest absolute Gasteiger partial charge is 0.496 e. The first kappa shape index (κ1) is 20.2. The number of nitrogens with one attached hydrogen (secondary N) is 1. The number of nitrogens with two attached hydrogens (primary N) is 1. The maximum atomic E-state index is 12.2. The maximum absolute atomic E-state index is 12.2. The molecule has 1 atom stereocenters. The number of carbonyl (C=O) groups excluding carboxylic acids is 1. The molecule has 0 unspecified atom stereocenters. The first-order valence-corrected chi connectivity index (χ1v) is 9.11. The Morgan fingerprint density at radius 3 is 2.62 bits per heavy atom. The number of carboxylic acid groups (broad SMARTS) is 1. The molecule has 0 saturated heterocycles. The number of hydrogen-bond acceptors (Lipinski definition) is 6. The molecule has 1 aromatic heterocycles. The van der Waals surface area contributed by atoms with Gasteiger partial charge in [-0.25, -0.2) is 9.78 Å². The number of nitrogens with zero attached hydrogens (tertiary/aromatic N) is 1. The van der Waals surface area contributed by atoms with Crippen LogP contribution in [0.25, 0.3) is 0 Å². The smallest absolute Gasteiger partial charge is 0.334 e. The average molecular weight is 397 g/mol. The third kappa shape index (κ3) is 3.49. The molecule has 152 valence electrons. The number of allylic oxidation sites excluding steroid dienone is 1. The highest BCUT2D eigenvalue weighted by molar-refractivity contribution is 5.95. The van der Waals surface area contributed by atoms with Crippen LogP contribution in [-0.2, 0) is 4.79 Å². The minimum Gasteiger partial charge on any atom is -0.496 e. The lowest BCUT2D eigenvalue weighted by molar-refractivity contribution is -0.133. The van der Waals surface area contributed by atoms with Gasteiger partial charge in [0.15, 0.2) is 0 Å². The predicted octanol–water partition coefficient (Wildman–Crippen LogP) is 2.81. The summed E-state index contributed by atoms with van der Waals surface area (Å²) in [6, 6.07) is 4.73. The van der Waals surface area contributed by atoms with Crippen LogP contribution in [0.1, 0.15) is 46.8 Å². The number of pyridine rings is 1. The fourth-order valence-electron chi connectivity index (χ4n) is 3.61. The molecule has 0 spiro atoms. The van der Waals surface area contributed by atoms with Crippen LogP contribution in [0.4, 0.5) is 5.69 Å². The number of amides is 1. The van der Waals surface area contributed by atoms with Gasteiger partial charge in [-0.2, -0.15) is 0 Å². The second-order valence-corrected chi connectivity index (χ2v) is 6.69. The number of fused-ring (bicyclic) bond motifs is 1. The number of hydrogen-bond donors (Lipinski definition) is 3. The van der Waals surface area contributed by atoms with E-state index in [0.717, 1.165) is 11.3 Å². The molecule has 4 N–H and O–H groups in total. The molecule has 1 amide bonds. The summed E-state index contributed by atoms with van der Waals surface area (Å²) in [6.07, 6.45) is 1.68. The number of rotatable bonds is 6. The van der Waals surface area contributed by atoms with E-state index in [2.05, 4.69) is 10.3 Å². The van der Waals surface area contributed by atoms with E-state index in [-0.39, 0.29) is 11.1 Å². The van der Waals surface area contributed by atoms with Crippen molar-refractivity contribution < 1.29 is 24.2 Å². The highest BCUT2D eigenvalue weighted by Gasteiger charge is 2.37. The molecule has 2 aromatic rings. The third-order valence-corrected chi connectivity index (χ3v) is 4.90. The fourth-order valence-corrected chi connectivity index (χ4v) is 3.61. The normalized spacial score (nSPS) is 15.4. The Morgan fingerprint density at radius 1 is 1.31 bits per heavy atom. The molecule has 1 aliphatic rings. The molecule has 8 nitrogen and oxygen atoms in total. The lowest BCUT2D eigenvalue weighted by atomic mass is 9.79. The molecule has 0 saturated carbocycles. The van der Waals surface area contributed by atoms with Gasteiger partial charge in [-0.15, -0.1) is 0 Å². The van der Waals surface area contributed by atoms with Crippen LogP contribution in [0.5, 0.6) is 11.6 Å². The van der Waals surface area contributed by atoms with Gasteiger partial charge in [-0.05, 0) is 38.5 Å². The Hall–Kier alpha value is -3.55. The summed E-state index contributed by atoms with van der Waals surface area (Å²) < 4.78 is 11.2. The minimum atomic E-state index is -1.07. The molecule has 2 heterocycles. The monoisotopic (exact) mass is 397 g/mol. The topological polar surface area (TPSA) is 124 Å². The van der Waals surface area contributed by atoms with Crippen LogP contribution in [0.15, 0.2) is 35.7 Å². The van der Waals surface area contributed by atoms with Gasteiger partial charge in [0, 0.05) is 23.0 Å². The molecular weight excluding hydrogens is 374 g/mol. The third-order valence-electron chi connectivity index (χ3n) is 4.90. The van der Waals surface area contributed by atoms with E-state index < -0.39 is 17.8 Å². The Bertz CT molecular complexity index is 1030. The van der Waals surface area contributed by atoms with Gasteiger partial charge in [0.1, 0.15) is 5.75 Å². The molecule has 29 heavy (non-hydrogen) atoms. The number of carbonyl (C=O) groups is 2. The van der Waals surface area contributed by atoms with Crippen molar-refractivity contribution in [1.82, 2.24) is 4.98 Å². The zero-order valence-electron chi connectivity index (χ0n) is 16.7. The molecule has 0 radical (unpaired) electrons. The Labute approximate surface area is 168 Å². The van der Waals surface area contributed by atoms with Crippen LogP contribution in [0, 0.1) is 6.92 Å². The molecule has 1 aromatic carbocycles. The van der Waals surface area contributed by atoms with Crippen LogP contribution < -0.4 is 20.5 Å². The standard InChI is InChI=1S/C21H23N3O5/c1-5-29-20-17-16(13-7-6-12(19(22)25)8-14(13)28-4)15(21(26)27)11(3)24-18(17)10(2)9-23-20/h6-9,16,24H,5H2,1-4H3,(H2,22,25)(H,26,27)/t16-/m1/s1. The summed E-state index contributed by atoms with van der Waals surface area (Å²) >= 11 is 0. The van der Waals surface area contributed by atoms with Crippen molar-refractivity contribution in [3.8, 4) is 11.6 Å². The summed E-state index contributed by atoms with van der Waals surface area (Å²) in [6.45, 7) is 5.81. The number of anilines is 1. The van der Waals surface area contributed by atoms with Crippen molar-refractivity contribution in [1.29, 1.82) is 0 Å². The van der Waals surface area contributed by atoms with Gasteiger partial charge in [-0.3, -0.25) is 4.79 Å². The number of aryl methyl sites for hydroxylation is 1. The summed E-state index contributed by atoms with van der Waals surface area (Å²) in [4.78, 5) is 28.2. The number of aromatic nitrogens is 1. The molecular formula is C21H23N3O5. The van der Waals surface area contributed by atoms with E-state index >= 15 is 0 Å². The predicted molar refractivity (Wildman–Crippen MR) is 107 cm³/mol. The maximum Gasteiger partial charge on any atom is 0.334 e. The van der Waals surface area contributed by atoms with Crippen LogP contribution in [-0.4, -0.2) is 35.7 Å². The van der Waals surface area contributed by atoms with E-state index in [1.807, 2.05) is 13.8 Å². The van der Waals surface area contributed by atoms with E-state index in [1.165, 1.54) is 13.2 Å². The van der Waals surface area contributed by atoms with E-state index in [1.54, 1.807) is 25.3 Å². The van der Waals surface area contributed by atoms with Crippen molar-refractivity contribution in [3.05, 3.63) is 57.9 Å². The Morgan fingerprint density at radius 2 is 2.03 bits per heavy atom. The summed E-state index contributed by atoms with van der Waals surface area (Å²) in [5, 5.41) is 13.2. The molecule has 0 fully saturated rings. The van der Waals surface area contributed by atoms with Crippen molar-refractivity contribution in [2.24, 2.45) is 5.73 Å². The van der Waals surface area contributed by atoms with Crippen LogP contribution in [0.3, 0.4) is 0 Å². The average Bonchev–Trinajstić information content (AvgIpc) is 2.68. The molecule has 0 bridgehead atoms. The van der Waals surface area contributed by atoms with Gasteiger partial charge in [0.2, 0.25) is 11.8 Å². The lowest BCUT2D eigenvalue weighted by Crippen LogP contribution is -2.25. The Balaban J connectivity index is 2.36. The van der Waals surface area contributed by atoms with Crippen LogP contribution in [0.2, 0.25) is 0 Å². The number of aliphatic carboxylic acids is 1. The molecule has 1 aliphatic heterocycles. The summed E-state index contributed by atoms with van der Waals surface area (Å²) in [7, 11) is 1.46. The lowest BCUT2D eigenvalue weighted by Gasteiger charge is -2.32. The van der Waals surface area contributed by atoms with Crippen molar-refractivity contribution >= 4 is 17.6 Å². The number of methoxy groups -OCH3 is 1. The number of primary amides is 1. The molecule has 3 rings (SSSR count).